The van der Waals surface area contributed by atoms with Gasteiger partial charge < -0.3 is 15.4 Å². The lowest BCUT2D eigenvalue weighted by Crippen LogP contribution is -2.41. The molecule has 1 atom stereocenters. The molecule has 1 aromatic rings. The third kappa shape index (κ3) is 3.34. The van der Waals surface area contributed by atoms with Crippen LogP contribution >= 0.6 is 0 Å². The lowest BCUT2D eigenvalue weighted by atomic mass is 10.1. The molecule has 0 aliphatic carbocycles. The summed E-state index contributed by atoms with van der Waals surface area (Å²) in [5, 5.41) is 0. The van der Waals surface area contributed by atoms with Crippen LogP contribution in [0.4, 0.5) is 10.5 Å². The van der Waals surface area contributed by atoms with Crippen LogP contribution in [0.5, 0.6) is 0 Å². The largest absolute Gasteiger partial charge is 0.443 e. The fraction of sp³-hybridized carbons (Fsp3) is 0.500. The smallest absolute Gasteiger partial charge is 0.414 e. The van der Waals surface area contributed by atoms with Crippen molar-refractivity contribution in [3.05, 3.63) is 41.7 Å². The van der Waals surface area contributed by atoms with E-state index in [1.54, 1.807) is 4.90 Å². The zero-order chi connectivity index (χ0) is 16.6. The third-order valence-electron chi connectivity index (χ3n) is 4.15. The van der Waals surface area contributed by atoms with E-state index in [1.165, 1.54) is 5.56 Å². The van der Waals surface area contributed by atoms with Crippen molar-refractivity contribution in [2.24, 2.45) is 5.73 Å². The highest BCUT2D eigenvalue weighted by molar-refractivity contribution is 5.73. The Balaban J connectivity index is 1.70. The van der Waals surface area contributed by atoms with Crippen LogP contribution in [-0.2, 0) is 11.2 Å². The minimum Gasteiger partial charge on any atom is -0.443 e. The van der Waals surface area contributed by atoms with Crippen LogP contribution in [-0.4, -0.2) is 35.7 Å². The first-order valence-electron chi connectivity index (χ1n) is 8.16. The van der Waals surface area contributed by atoms with Gasteiger partial charge in [-0.05, 0) is 51.4 Å². The van der Waals surface area contributed by atoms with Gasteiger partial charge >= 0.3 is 6.09 Å². The van der Waals surface area contributed by atoms with Crippen molar-refractivity contribution in [2.75, 3.05) is 18.0 Å². The Kier molecular flexibility index (Phi) is 4.06. The first-order valence-corrected chi connectivity index (χ1v) is 8.16. The molecule has 0 unspecified atom stereocenters. The first-order chi connectivity index (χ1) is 10.9. The van der Waals surface area contributed by atoms with Crippen molar-refractivity contribution in [3.8, 4) is 0 Å². The van der Waals surface area contributed by atoms with Crippen molar-refractivity contribution < 1.29 is 9.53 Å². The van der Waals surface area contributed by atoms with Crippen molar-refractivity contribution in [2.45, 2.75) is 45.3 Å². The van der Waals surface area contributed by atoms with E-state index in [0.29, 0.717) is 19.1 Å². The van der Waals surface area contributed by atoms with Gasteiger partial charge in [-0.2, -0.15) is 0 Å². The second-order valence-electron chi connectivity index (χ2n) is 7.18. The van der Waals surface area contributed by atoms with Crippen LogP contribution < -0.4 is 10.6 Å². The lowest BCUT2D eigenvalue weighted by Gasteiger charge is -2.31. The molecule has 5 heteroatoms. The molecule has 1 saturated heterocycles. The second kappa shape index (κ2) is 5.89. The monoisotopic (exact) mass is 315 g/mol. The number of carbonyl (C=O) groups is 1. The lowest BCUT2D eigenvalue weighted by molar-refractivity contribution is 0.0331. The third-order valence-corrected chi connectivity index (χ3v) is 4.15. The summed E-state index contributed by atoms with van der Waals surface area (Å²) in [7, 11) is 0. The Bertz CT molecular complexity index is 616. The van der Waals surface area contributed by atoms with Crippen molar-refractivity contribution in [3.63, 3.8) is 0 Å². The summed E-state index contributed by atoms with van der Waals surface area (Å²) in [6.45, 7) is 7.03. The molecular weight excluding hydrogens is 290 g/mol. The number of benzene rings is 1. The van der Waals surface area contributed by atoms with E-state index < -0.39 is 5.60 Å². The van der Waals surface area contributed by atoms with Crippen LogP contribution in [0.2, 0.25) is 0 Å². The summed E-state index contributed by atoms with van der Waals surface area (Å²) in [5.41, 5.74) is 8.58. The topological polar surface area (TPSA) is 58.8 Å². The summed E-state index contributed by atoms with van der Waals surface area (Å²) in [6.07, 6.45) is 3.61. The Morgan fingerprint density at radius 3 is 2.52 bits per heavy atom. The minimum atomic E-state index is -0.460. The first kappa shape index (κ1) is 15.9. The van der Waals surface area contributed by atoms with Crippen LogP contribution in [0, 0.1) is 0 Å². The second-order valence-corrected chi connectivity index (χ2v) is 7.18. The maximum Gasteiger partial charge on any atom is 0.414 e. The SMILES string of the molecule is CC(C)(C)OC(=O)N1C[C@H]2CC1=CN2c1ccc(CCN)cc1. The van der Waals surface area contributed by atoms with Gasteiger partial charge in [0.15, 0.2) is 0 Å². The van der Waals surface area contributed by atoms with Gasteiger partial charge in [0.05, 0.1) is 12.6 Å². The van der Waals surface area contributed by atoms with Gasteiger partial charge in [0.2, 0.25) is 0 Å². The standard InChI is InChI=1S/C18H25N3O2/c1-18(2,3)23-17(22)21-12-15-10-16(21)11-20(15)14-6-4-13(5-7-14)8-9-19/h4-7,11,15H,8-10,12,19H2,1-3H3/t15-/m1/s1. The molecule has 23 heavy (non-hydrogen) atoms. The number of hydrogen-bond donors (Lipinski definition) is 1. The number of carbonyl (C=O) groups excluding carboxylic acids is 1. The Morgan fingerprint density at radius 1 is 1.30 bits per heavy atom. The number of nitrogens with zero attached hydrogens (tertiary/aromatic N) is 2. The van der Waals surface area contributed by atoms with Crippen molar-refractivity contribution in [1.29, 1.82) is 0 Å². The zero-order valence-electron chi connectivity index (χ0n) is 14.1. The minimum absolute atomic E-state index is 0.246. The fourth-order valence-electron chi connectivity index (χ4n) is 3.11. The van der Waals surface area contributed by atoms with E-state index >= 15 is 0 Å². The predicted molar refractivity (Wildman–Crippen MR) is 91.1 cm³/mol. The summed E-state index contributed by atoms with van der Waals surface area (Å²) < 4.78 is 5.47. The molecule has 0 saturated carbocycles. The molecule has 0 radical (unpaired) electrons. The Morgan fingerprint density at radius 2 is 2.00 bits per heavy atom. The average molecular weight is 315 g/mol. The van der Waals surface area contributed by atoms with E-state index in [4.69, 9.17) is 10.5 Å². The number of rotatable bonds is 3. The molecule has 124 valence electrons. The van der Waals surface area contributed by atoms with Crippen molar-refractivity contribution >= 4 is 11.8 Å². The van der Waals surface area contributed by atoms with E-state index in [0.717, 1.165) is 24.2 Å². The summed E-state index contributed by atoms with van der Waals surface area (Å²) in [4.78, 5) is 16.3. The van der Waals surface area contributed by atoms with Crippen molar-refractivity contribution in [1.82, 2.24) is 4.90 Å². The summed E-state index contributed by atoms with van der Waals surface area (Å²) >= 11 is 0. The number of fused-ring (bicyclic) bond motifs is 2. The number of hydrogen-bond acceptors (Lipinski definition) is 4. The van der Waals surface area contributed by atoms with Gasteiger partial charge in [0.1, 0.15) is 5.60 Å². The van der Waals surface area contributed by atoms with Gasteiger partial charge in [0.25, 0.3) is 0 Å². The number of nitrogens with two attached hydrogens (primary N) is 1. The summed E-state index contributed by atoms with van der Waals surface area (Å²) in [5.74, 6) is 0. The molecule has 5 nitrogen and oxygen atoms in total. The Hall–Kier alpha value is -2.01. The molecule has 0 aromatic heterocycles. The Labute approximate surface area is 137 Å². The van der Waals surface area contributed by atoms with Crippen LogP contribution in [0.15, 0.2) is 36.2 Å². The predicted octanol–water partition coefficient (Wildman–Crippen LogP) is 2.86. The van der Waals surface area contributed by atoms with E-state index in [2.05, 4.69) is 35.4 Å². The quantitative estimate of drug-likeness (QED) is 0.932. The molecule has 1 aromatic carbocycles. The number of ether oxygens (including phenoxy) is 1. The van der Waals surface area contributed by atoms with Crippen LogP contribution in [0.25, 0.3) is 0 Å². The van der Waals surface area contributed by atoms with Gasteiger partial charge in [0, 0.05) is 24.0 Å². The molecule has 2 heterocycles. The van der Waals surface area contributed by atoms with Gasteiger partial charge in [-0.1, -0.05) is 12.1 Å². The molecular formula is C18H25N3O2. The van der Waals surface area contributed by atoms with Gasteiger partial charge in [-0.15, -0.1) is 0 Å². The van der Waals surface area contributed by atoms with Crippen LogP contribution in [0.3, 0.4) is 0 Å². The van der Waals surface area contributed by atoms with Gasteiger partial charge in [-0.3, -0.25) is 4.90 Å². The zero-order valence-corrected chi connectivity index (χ0v) is 14.1. The maximum absolute atomic E-state index is 12.2. The highest BCUT2D eigenvalue weighted by Crippen LogP contribution is 2.37. The molecule has 2 N–H and O–H groups in total. The van der Waals surface area contributed by atoms with E-state index in [-0.39, 0.29) is 6.09 Å². The normalized spacial score (nSPS) is 20.0. The maximum atomic E-state index is 12.2. The number of anilines is 1. The van der Waals surface area contributed by atoms with Gasteiger partial charge in [-0.25, -0.2) is 4.79 Å². The number of amides is 1. The van der Waals surface area contributed by atoms with E-state index in [9.17, 15) is 4.79 Å². The highest BCUT2D eigenvalue weighted by Gasteiger charge is 2.41. The molecule has 3 rings (SSSR count). The molecule has 2 bridgehead atoms. The molecule has 1 amide bonds. The average Bonchev–Trinajstić information content (AvgIpc) is 3.07. The van der Waals surface area contributed by atoms with E-state index in [1.807, 2.05) is 20.8 Å². The highest BCUT2D eigenvalue weighted by atomic mass is 16.6. The molecule has 2 aliphatic heterocycles. The fourth-order valence-corrected chi connectivity index (χ4v) is 3.11. The molecule has 0 spiro atoms. The summed E-state index contributed by atoms with van der Waals surface area (Å²) in [6, 6.07) is 8.80. The molecule has 1 fully saturated rings. The van der Waals surface area contributed by atoms with Crippen LogP contribution in [0.1, 0.15) is 32.8 Å². The number of likely N-dealkylation sites (tertiary alicyclic amines) is 1. The molecule has 2 aliphatic rings.